The molecule has 1 fully saturated rings. The molecule has 0 aromatic heterocycles. The Morgan fingerprint density at radius 2 is 1.50 bits per heavy atom. The summed E-state index contributed by atoms with van der Waals surface area (Å²) in [5.41, 5.74) is 1.94. The molecule has 224 valence electrons. The molecule has 1 heterocycles. The number of anilines is 1. The number of carbonyl (C=O) groups excluding carboxylic acids is 2. The predicted molar refractivity (Wildman–Crippen MR) is 157 cm³/mol. The fraction of sp³-hybridized carbons (Fsp3) is 0.355. The number of rotatable bonds is 9. The minimum Gasteiger partial charge on any atom is -0.323 e. The fourth-order valence-electron chi connectivity index (χ4n) is 4.97. The maximum Gasteiger partial charge on any atom is 0.493 e. The van der Waals surface area contributed by atoms with Crippen molar-refractivity contribution in [3.05, 3.63) is 100 Å². The van der Waals surface area contributed by atoms with Crippen LogP contribution in [0, 0.1) is 5.92 Å². The number of piperidine rings is 1. The van der Waals surface area contributed by atoms with Gasteiger partial charge in [-0.3, -0.25) is 0 Å². The van der Waals surface area contributed by atoms with Crippen molar-refractivity contribution in [3.63, 3.8) is 0 Å². The van der Waals surface area contributed by atoms with Gasteiger partial charge in [0.15, 0.2) is 0 Å². The summed E-state index contributed by atoms with van der Waals surface area (Å²) >= 11 is 12.0. The first-order chi connectivity index (χ1) is 20.1. The topological polar surface area (TPSA) is 53.1 Å². The van der Waals surface area contributed by atoms with E-state index in [2.05, 4.69) is 34.0 Å². The maximum atomic E-state index is 13.7. The van der Waals surface area contributed by atoms with Crippen molar-refractivity contribution in [2.45, 2.75) is 38.4 Å². The predicted octanol–water partition coefficient (Wildman–Crippen LogP) is 7.79. The Bertz CT molecular complexity index is 1320. The number of hydrogen-bond acceptors (Lipinski definition) is 4. The molecule has 0 saturated carbocycles. The number of likely N-dealkylation sites (tertiary alicyclic amines) is 1. The smallest absolute Gasteiger partial charge is 0.323 e. The lowest BCUT2D eigenvalue weighted by Crippen LogP contribution is -2.47. The fourth-order valence-corrected chi connectivity index (χ4v) is 5.26. The van der Waals surface area contributed by atoms with E-state index in [1.54, 1.807) is 12.1 Å². The lowest BCUT2D eigenvalue weighted by molar-refractivity contribution is -0.200. The zero-order chi connectivity index (χ0) is 30.1. The SMILES string of the molecule is O=C(N(CCCN1CCC(Cc2ccccc2)CC1)Cc1ccccc1)N(OC(=O)C(F)(F)F)c1ccc(Cl)c(Cl)c1. The molecule has 0 spiro atoms. The minimum atomic E-state index is -5.31. The Labute approximate surface area is 253 Å². The van der Waals surface area contributed by atoms with E-state index in [4.69, 9.17) is 23.2 Å². The summed E-state index contributed by atoms with van der Waals surface area (Å²) in [5, 5.41) is 0.444. The molecule has 1 saturated heterocycles. The Kier molecular flexibility index (Phi) is 11.1. The summed E-state index contributed by atoms with van der Waals surface area (Å²) in [5.74, 6) is -1.91. The quantitative estimate of drug-likeness (QED) is 0.229. The summed E-state index contributed by atoms with van der Waals surface area (Å²) in [4.78, 5) is 33.9. The standard InChI is InChI=1S/C31H32Cl2F3N3O3/c32-27-13-12-26(21-28(27)33)39(42-29(40)31(34,35)36)30(41)38(22-25-10-5-2-6-11-25)17-7-16-37-18-14-24(15-19-37)20-23-8-3-1-4-9-23/h1-6,8-13,21,24H,7,14-20,22H2. The molecule has 11 heteroatoms. The molecule has 1 aliphatic rings. The van der Waals surface area contributed by atoms with Crippen LogP contribution in [0.2, 0.25) is 10.0 Å². The third-order valence-corrected chi connectivity index (χ3v) is 7.92. The van der Waals surface area contributed by atoms with Crippen LogP contribution in [0.15, 0.2) is 78.9 Å². The van der Waals surface area contributed by atoms with Gasteiger partial charge in [0, 0.05) is 13.1 Å². The van der Waals surface area contributed by atoms with Gasteiger partial charge in [-0.2, -0.15) is 13.2 Å². The number of halogens is 5. The van der Waals surface area contributed by atoms with Crippen LogP contribution >= 0.6 is 23.2 Å². The molecule has 4 rings (SSSR count). The number of hydroxylamine groups is 1. The lowest BCUT2D eigenvalue weighted by Gasteiger charge is -2.33. The zero-order valence-corrected chi connectivity index (χ0v) is 24.4. The molecule has 0 N–H and O–H groups in total. The van der Waals surface area contributed by atoms with Gasteiger partial charge >= 0.3 is 18.2 Å². The highest BCUT2D eigenvalue weighted by molar-refractivity contribution is 6.42. The number of carbonyl (C=O) groups is 2. The van der Waals surface area contributed by atoms with Gasteiger partial charge in [-0.05, 0) is 80.6 Å². The summed E-state index contributed by atoms with van der Waals surface area (Å²) in [7, 11) is 0. The average molecular weight is 623 g/mol. The van der Waals surface area contributed by atoms with E-state index in [1.165, 1.54) is 28.7 Å². The molecule has 0 atom stereocenters. The van der Waals surface area contributed by atoms with Crippen LogP contribution in [-0.4, -0.2) is 54.2 Å². The first kappa shape index (κ1) is 31.7. The molecule has 0 aliphatic carbocycles. The molecule has 0 bridgehead atoms. The van der Waals surface area contributed by atoms with Crippen molar-refractivity contribution in [1.29, 1.82) is 0 Å². The molecule has 6 nitrogen and oxygen atoms in total. The Balaban J connectivity index is 1.44. The van der Waals surface area contributed by atoms with Crippen LogP contribution < -0.4 is 5.06 Å². The van der Waals surface area contributed by atoms with Gasteiger partial charge < -0.3 is 14.6 Å². The van der Waals surface area contributed by atoms with Crippen LogP contribution in [0.5, 0.6) is 0 Å². The molecule has 3 aromatic rings. The van der Waals surface area contributed by atoms with Gasteiger partial charge in [0.2, 0.25) is 0 Å². The van der Waals surface area contributed by atoms with Crippen molar-refractivity contribution in [1.82, 2.24) is 9.80 Å². The van der Waals surface area contributed by atoms with Crippen LogP contribution in [0.25, 0.3) is 0 Å². The molecule has 42 heavy (non-hydrogen) atoms. The molecular weight excluding hydrogens is 590 g/mol. The average Bonchev–Trinajstić information content (AvgIpc) is 2.98. The van der Waals surface area contributed by atoms with Crippen molar-refractivity contribution < 1.29 is 27.6 Å². The van der Waals surface area contributed by atoms with Crippen molar-refractivity contribution >= 4 is 40.9 Å². The third-order valence-electron chi connectivity index (χ3n) is 7.18. The summed E-state index contributed by atoms with van der Waals surface area (Å²) in [6, 6.07) is 22.3. The normalized spacial score (nSPS) is 14.4. The summed E-state index contributed by atoms with van der Waals surface area (Å²) < 4.78 is 39.5. The third kappa shape index (κ3) is 9.11. The Morgan fingerprint density at radius 3 is 2.10 bits per heavy atom. The second kappa shape index (κ2) is 14.8. The lowest BCUT2D eigenvalue weighted by atomic mass is 9.90. The van der Waals surface area contributed by atoms with Gasteiger partial charge in [-0.15, -0.1) is 5.06 Å². The second-order valence-electron chi connectivity index (χ2n) is 10.3. The first-order valence-corrected chi connectivity index (χ1v) is 14.5. The van der Waals surface area contributed by atoms with Crippen LogP contribution in [-0.2, 0) is 22.6 Å². The number of hydrogen-bond donors (Lipinski definition) is 0. The molecule has 1 aliphatic heterocycles. The number of urea groups is 1. The highest BCUT2D eigenvalue weighted by Crippen LogP contribution is 2.30. The zero-order valence-electron chi connectivity index (χ0n) is 22.9. The van der Waals surface area contributed by atoms with E-state index in [-0.39, 0.29) is 28.8 Å². The van der Waals surface area contributed by atoms with E-state index in [1.807, 2.05) is 24.3 Å². The number of alkyl halides is 3. The Morgan fingerprint density at radius 1 is 0.881 bits per heavy atom. The first-order valence-electron chi connectivity index (χ1n) is 13.7. The van der Waals surface area contributed by atoms with Crippen LogP contribution in [0.3, 0.4) is 0 Å². The molecule has 0 unspecified atom stereocenters. The Hall–Kier alpha value is -3.27. The summed E-state index contributed by atoms with van der Waals surface area (Å²) in [6.45, 7) is 2.90. The van der Waals surface area contributed by atoms with E-state index in [9.17, 15) is 22.8 Å². The van der Waals surface area contributed by atoms with Crippen molar-refractivity contribution in [2.24, 2.45) is 5.92 Å². The van der Waals surface area contributed by atoms with E-state index >= 15 is 0 Å². The highest BCUT2D eigenvalue weighted by atomic mass is 35.5. The van der Waals surface area contributed by atoms with Gasteiger partial charge in [0.25, 0.3) is 0 Å². The minimum absolute atomic E-state index is 0.0136. The van der Waals surface area contributed by atoms with E-state index in [0.717, 1.165) is 37.9 Å². The van der Waals surface area contributed by atoms with Crippen molar-refractivity contribution in [2.75, 3.05) is 31.2 Å². The second-order valence-corrected chi connectivity index (χ2v) is 11.1. The van der Waals surface area contributed by atoms with Gasteiger partial charge in [-0.1, -0.05) is 83.9 Å². The molecular formula is C31H32Cl2F3N3O3. The van der Waals surface area contributed by atoms with Gasteiger partial charge in [0.1, 0.15) is 0 Å². The molecule has 3 aromatic carbocycles. The van der Waals surface area contributed by atoms with E-state index < -0.39 is 18.2 Å². The largest absolute Gasteiger partial charge is 0.493 e. The van der Waals surface area contributed by atoms with Crippen LogP contribution in [0.4, 0.5) is 23.7 Å². The monoisotopic (exact) mass is 621 g/mol. The summed E-state index contributed by atoms with van der Waals surface area (Å²) in [6.07, 6.45) is -1.55. The highest BCUT2D eigenvalue weighted by Gasteiger charge is 2.44. The van der Waals surface area contributed by atoms with Crippen LogP contribution in [0.1, 0.15) is 30.4 Å². The van der Waals surface area contributed by atoms with Gasteiger partial charge in [0.05, 0.1) is 15.7 Å². The number of nitrogens with zero attached hydrogens (tertiary/aromatic N) is 3. The number of benzene rings is 3. The maximum absolute atomic E-state index is 13.7. The van der Waals surface area contributed by atoms with Gasteiger partial charge in [-0.25, -0.2) is 9.59 Å². The molecule has 2 amide bonds. The van der Waals surface area contributed by atoms with E-state index in [0.29, 0.717) is 23.9 Å². The van der Waals surface area contributed by atoms with Crippen molar-refractivity contribution in [3.8, 4) is 0 Å². The molecule has 0 radical (unpaired) electrons. The number of amides is 2.